The Morgan fingerprint density at radius 3 is 2.41 bits per heavy atom. The van der Waals surface area contributed by atoms with Crippen molar-refractivity contribution in [2.24, 2.45) is 0 Å². The van der Waals surface area contributed by atoms with Crippen LogP contribution in [0.25, 0.3) is 0 Å². The summed E-state index contributed by atoms with van der Waals surface area (Å²) in [6.07, 6.45) is 0. The molecule has 0 aromatic heterocycles. The van der Waals surface area contributed by atoms with Crippen molar-refractivity contribution in [3.63, 3.8) is 0 Å². The van der Waals surface area contributed by atoms with Crippen molar-refractivity contribution in [3.05, 3.63) is 98.5 Å². The molecule has 0 aliphatic rings. The van der Waals surface area contributed by atoms with Crippen molar-refractivity contribution in [3.8, 4) is 5.75 Å². The van der Waals surface area contributed by atoms with E-state index in [4.69, 9.17) is 39.5 Å². The van der Waals surface area contributed by atoms with Gasteiger partial charge >= 0.3 is 0 Å². The lowest BCUT2D eigenvalue weighted by molar-refractivity contribution is 0.301. The lowest BCUT2D eigenvalue weighted by Crippen LogP contribution is -2.18. The predicted molar refractivity (Wildman–Crippen MR) is 114 cm³/mol. The van der Waals surface area contributed by atoms with E-state index in [1.807, 2.05) is 48.5 Å². The lowest BCUT2D eigenvalue weighted by atomic mass is 10.1. The summed E-state index contributed by atoms with van der Waals surface area (Å²) in [6.45, 7) is 3.18. The topological polar surface area (TPSA) is 21.3 Å². The molecule has 0 amide bonds. The van der Waals surface area contributed by atoms with E-state index in [2.05, 4.69) is 24.4 Å². The SMILES string of the molecule is C[C@@H](NCc1cc(Cl)ccc1OCc1ccc(Cl)c(Cl)c1)c1ccccc1. The van der Waals surface area contributed by atoms with E-state index in [-0.39, 0.29) is 6.04 Å². The molecule has 5 heteroatoms. The third kappa shape index (κ3) is 5.63. The average molecular weight is 421 g/mol. The molecule has 0 unspecified atom stereocenters. The van der Waals surface area contributed by atoms with E-state index in [9.17, 15) is 0 Å². The summed E-state index contributed by atoms with van der Waals surface area (Å²) in [5.74, 6) is 0.790. The van der Waals surface area contributed by atoms with Gasteiger partial charge in [-0.1, -0.05) is 71.2 Å². The number of halogens is 3. The average Bonchev–Trinajstić information content (AvgIpc) is 2.68. The fraction of sp³-hybridized carbons (Fsp3) is 0.182. The largest absolute Gasteiger partial charge is 0.489 e. The third-order valence-electron chi connectivity index (χ3n) is 4.30. The van der Waals surface area contributed by atoms with Gasteiger partial charge < -0.3 is 10.1 Å². The van der Waals surface area contributed by atoms with Crippen molar-refractivity contribution in [1.82, 2.24) is 5.32 Å². The highest BCUT2D eigenvalue weighted by molar-refractivity contribution is 6.42. The minimum Gasteiger partial charge on any atom is -0.489 e. The van der Waals surface area contributed by atoms with Crippen molar-refractivity contribution in [1.29, 1.82) is 0 Å². The molecule has 1 N–H and O–H groups in total. The van der Waals surface area contributed by atoms with Gasteiger partial charge in [-0.25, -0.2) is 0 Å². The van der Waals surface area contributed by atoms with Gasteiger partial charge in [0.1, 0.15) is 12.4 Å². The van der Waals surface area contributed by atoms with Crippen LogP contribution in [-0.2, 0) is 13.2 Å². The normalized spacial score (nSPS) is 12.0. The second-order valence-corrected chi connectivity index (χ2v) is 7.55. The predicted octanol–water partition coefficient (Wildman–Crippen LogP) is 7.08. The highest BCUT2D eigenvalue weighted by Crippen LogP contribution is 2.27. The lowest BCUT2D eigenvalue weighted by Gasteiger charge is -2.17. The smallest absolute Gasteiger partial charge is 0.124 e. The van der Waals surface area contributed by atoms with Gasteiger partial charge in [-0.05, 0) is 48.4 Å². The second kappa shape index (κ2) is 9.48. The Morgan fingerprint density at radius 1 is 0.889 bits per heavy atom. The molecule has 0 radical (unpaired) electrons. The van der Waals surface area contributed by atoms with Gasteiger partial charge in [0.05, 0.1) is 10.0 Å². The standard InChI is InChI=1S/C22H20Cl3NO/c1-15(17-5-3-2-4-6-17)26-13-18-12-19(23)8-10-22(18)27-14-16-7-9-20(24)21(25)11-16/h2-12,15,26H,13-14H2,1H3/t15-/m1/s1. The summed E-state index contributed by atoms with van der Waals surface area (Å²) in [5.41, 5.74) is 3.19. The van der Waals surface area contributed by atoms with E-state index in [0.717, 1.165) is 16.9 Å². The molecule has 1 atom stereocenters. The first-order chi connectivity index (χ1) is 13.0. The molecule has 0 aliphatic carbocycles. The Balaban J connectivity index is 1.68. The Kier molecular flexibility index (Phi) is 7.03. The monoisotopic (exact) mass is 419 g/mol. The summed E-state index contributed by atoms with van der Waals surface area (Å²) in [5, 5.41) is 5.26. The van der Waals surface area contributed by atoms with Gasteiger partial charge in [0, 0.05) is 23.2 Å². The van der Waals surface area contributed by atoms with Crippen LogP contribution < -0.4 is 10.1 Å². The molecule has 3 aromatic rings. The van der Waals surface area contributed by atoms with Crippen LogP contribution in [0.4, 0.5) is 0 Å². The van der Waals surface area contributed by atoms with Crippen LogP contribution in [-0.4, -0.2) is 0 Å². The van der Waals surface area contributed by atoms with Crippen LogP contribution in [0, 0.1) is 0 Å². The van der Waals surface area contributed by atoms with E-state index in [1.54, 1.807) is 6.07 Å². The number of hydrogen-bond acceptors (Lipinski definition) is 2. The molecule has 0 saturated carbocycles. The summed E-state index contributed by atoms with van der Waals surface area (Å²) < 4.78 is 6.01. The van der Waals surface area contributed by atoms with Crippen LogP contribution in [0.15, 0.2) is 66.7 Å². The van der Waals surface area contributed by atoms with Gasteiger partial charge in [0.25, 0.3) is 0 Å². The highest BCUT2D eigenvalue weighted by Gasteiger charge is 2.09. The molecule has 0 bridgehead atoms. The molecule has 0 aliphatic heterocycles. The van der Waals surface area contributed by atoms with E-state index in [1.165, 1.54) is 5.56 Å². The maximum Gasteiger partial charge on any atom is 0.124 e. The summed E-state index contributed by atoms with van der Waals surface area (Å²) in [4.78, 5) is 0. The molecule has 27 heavy (non-hydrogen) atoms. The number of benzene rings is 3. The first kappa shape index (κ1) is 20.0. The molecule has 0 saturated heterocycles. The fourth-order valence-electron chi connectivity index (χ4n) is 2.74. The zero-order valence-corrected chi connectivity index (χ0v) is 17.2. The van der Waals surface area contributed by atoms with Crippen molar-refractivity contribution in [2.45, 2.75) is 26.1 Å². The Bertz CT molecular complexity index is 899. The van der Waals surface area contributed by atoms with Gasteiger partial charge in [-0.3, -0.25) is 0 Å². The van der Waals surface area contributed by atoms with E-state index < -0.39 is 0 Å². The summed E-state index contributed by atoms with van der Waals surface area (Å²) in [7, 11) is 0. The van der Waals surface area contributed by atoms with Crippen molar-refractivity contribution in [2.75, 3.05) is 0 Å². The zero-order valence-electron chi connectivity index (χ0n) is 14.9. The quantitative estimate of drug-likeness (QED) is 0.441. The zero-order chi connectivity index (χ0) is 19.2. The molecule has 3 rings (SSSR count). The second-order valence-electron chi connectivity index (χ2n) is 6.30. The maximum atomic E-state index is 6.19. The van der Waals surface area contributed by atoms with Gasteiger partial charge in [-0.2, -0.15) is 0 Å². The highest BCUT2D eigenvalue weighted by atomic mass is 35.5. The molecular weight excluding hydrogens is 401 g/mol. The Labute approximate surface area is 175 Å². The van der Waals surface area contributed by atoms with Crippen molar-refractivity contribution < 1.29 is 4.74 Å². The van der Waals surface area contributed by atoms with E-state index >= 15 is 0 Å². The van der Waals surface area contributed by atoms with Gasteiger partial charge in [0.2, 0.25) is 0 Å². The molecule has 0 spiro atoms. The minimum atomic E-state index is 0.216. The number of rotatable bonds is 7. The third-order valence-corrected chi connectivity index (χ3v) is 5.27. The van der Waals surface area contributed by atoms with Crippen molar-refractivity contribution >= 4 is 34.8 Å². The number of hydrogen-bond donors (Lipinski definition) is 1. The number of nitrogens with one attached hydrogen (secondary N) is 1. The maximum absolute atomic E-state index is 6.19. The van der Waals surface area contributed by atoms with Crippen LogP contribution in [0.3, 0.4) is 0 Å². The van der Waals surface area contributed by atoms with Gasteiger partial charge in [0.15, 0.2) is 0 Å². The van der Waals surface area contributed by atoms with Crippen LogP contribution in [0.1, 0.15) is 29.7 Å². The molecule has 140 valence electrons. The molecular formula is C22H20Cl3NO. The first-order valence-electron chi connectivity index (χ1n) is 8.66. The van der Waals surface area contributed by atoms with Crippen LogP contribution in [0.2, 0.25) is 15.1 Å². The molecule has 0 fully saturated rings. The molecule has 3 aromatic carbocycles. The van der Waals surface area contributed by atoms with Crippen LogP contribution >= 0.6 is 34.8 Å². The summed E-state index contributed by atoms with van der Waals surface area (Å²) in [6, 6.07) is 21.7. The minimum absolute atomic E-state index is 0.216. The summed E-state index contributed by atoms with van der Waals surface area (Å²) >= 11 is 18.2. The molecule has 2 nitrogen and oxygen atoms in total. The van der Waals surface area contributed by atoms with Crippen LogP contribution in [0.5, 0.6) is 5.75 Å². The van der Waals surface area contributed by atoms with E-state index in [0.29, 0.717) is 28.2 Å². The first-order valence-corrected chi connectivity index (χ1v) is 9.80. The Morgan fingerprint density at radius 2 is 1.67 bits per heavy atom. The molecule has 0 heterocycles. The number of ether oxygens (including phenoxy) is 1. The Hall–Kier alpha value is -1.71. The van der Waals surface area contributed by atoms with Gasteiger partial charge in [-0.15, -0.1) is 0 Å². The fourth-order valence-corrected chi connectivity index (χ4v) is 3.26.